The Morgan fingerprint density at radius 1 is 1.00 bits per heavy atom. The largest absolute Gasteiger partial charge is 0.383 e. The molecular formula is C23H30N2. The lowest BCUT2D eigenvalue weighted by Gasteiger charge is -2.13. The van der Waals surface area contributed by atoms with Crippen molar-refractivity contribution in [3.63, 3.8) is 0 Å². The summed E-state index contributed by atoms with van der Waals surface area (Å²) in [5.74, 6) is 0.562. The number of aliphatic imine (C=N–C) groups is 1. The van der Waals surface area contributed by atoms with Gasteiger partial charge < -0.3 is 5.73 Å². The fourth-order valence-electron chi connectivity index (χ4n) is 3.48. The maximum Gasteiger partial charge on any atom is 0.131 e. The van der Waals surface area contributed by atoms with Crippen LogP contribution in [0, 0.1) is 13.8 Å². The summed E-state index contributed by atoms with van der Waals surface area (Å²) in [6, 6.07) is 8.66. The van der Waals surface area contributed by atoms with Gasteiger partial charge in [0.1, 0.15) is 5.84 Å². The average molecular weight is 335 g/mol. The Labute approximate surface area is 152 Å². The Hall–Kier alpha value is -2.35. The number of rotatable bonds is 6. The molecule has 2 rings (SSSR count). The molecule has 0 aliphatic rings. The number of nitrogens with zero attached hydrogens (tertiary/aromatic N) is 1. The predicted molar refractivity (Wildman–Crippen MR) is 111 cm³/mol. The van der Waals surface area contributed by atoms with Gasteiger partial charge in [-0.3, -0.25) is 0 Å². The van der Waals surface area contributed by atoms with Gasteiger partial charge in [-0.25, -0.2) is 4.99 Å². The summed E-state index contributed by atoms with van der Waals surface area (Å²) in [7, 11) is 0. The fraction of sp³-hybridized carbons (Fsp3) is 0.348. The topological polar surface area (TPSA) is 38.4 Å². The smallest absolute Gasteiger partial charge is 0.131 e. The molecule has 2 aromatic carbocycles. The number of hydrogen-bond donors (Lipinski definition) is 1. The Kier molecular flexibility index (Phi) is 6.19. The van der Waals surface area contributed by atoms with Crippen molar-refractivity contribution in [2.75, 3.05) is 0 Å². The van der Waals surface area contributed by atoms with Crippen LogP contribution in [0.25, 0.3) is 6.08 Å². The Bertz CT molecular complexity index is 790. The SMILES string of the molecule is C=Cc1c(CC)cc(CC)cc1/N=C(\N)c1cc(C)c(CC)c(C)c1. The fourth-order valence-corrected chi connectivity index (χ4v) is 3.48. The molecule has 2 heteroatoms. The third-order valence-corrected chi connectivity index (χ3v) is 4.88. The molecule has 0 heterocycles. The predicted octanol–water partition coefficient (Wildman–Crippen LogP) is 5.67. The highest BCUT2D eigenvalue weighted by Crippen LogP contribution is 2.28. The Balaban J connectivity index is 2.58. The zero-order valence-corrected chi connectivity index (χ0v) is 16.2. The van der Waals surface area contributed by atoms with Gasteiger partial charge in [0.15, 0.2) is 0 Å². The number of amidine groups is 1. The van der Waals surface area contributed by atoms with Crippen LogP contribution in [0.5, 0.6) is 0 Å². The zero-order valence-electron chi connectivity index (χ0n) is 16.2. The van der Waals surface area contributed by atoms with Crippen LogP contribution >= 0.6 is 0 Å². The lowest BCUT2D eigenvalue weighted by Crippen LogP contribution is -2.14. The maximum atomic E-state index is 6.38. The van der Waals surface area contributed by atoms with Crippen molar-refractivity contribution in [1.82, 2.24) is 0 Å². The summed E-state index contributed by atoms with van der Waals surface area (Å²) in [5, 5.41) is 0. The summed E-state index contributed by atoms with van der Waals surface area (Å²) >= 11 is 0. The number of hydrogen-bond acceptors (Lipinski definition) is 1. The van der Waals surface area contributed by atoms with E-state index in [0.29, 0.717) is 5.84 Å². The number of nitrogens with two attached hydrogens (primary N) is 1. The monoisotopic (exact) mass is 334 g/mol. The second kappa shape index (κ2) is 8.15. The van der Waals surface area contributed by atoms with Gasteiger partial charge in [-0.2, -0.15) is 0 Å². The second-order valence-corrected chi connectivity index (χ2v) is 6.54. The van der Waals surface area contributed by atoms with E-state index >= 15 is 0 Å². The van der Waals surface area contributed by atoms with Crippen molar-refractivity contribution in [3.05, 3.63) is 69.8 Å². The van der Waals surface area contributed by atoms with E-state index in [1.165, 1.54) is 27.8 Å². The van der Waals surface area contributed by atoms with Gasteiger partial charge in [0.05, 0.1) is 5.69 Å². The molecule has 2 aromatic rings. The van der Waals surface area contributed by atoms with Crippen molar-refractivity contribution in [1.29, 1.82) is 0 Å². The van der Waals surface area contributed by atoms with E-state index in [4.69, 9.17) is 10.7 Å². The minimum Gasteiger partial charge on any atom is -0.383 e. The third-order valence-electron chi connectivity index (χ3n) is 4.88. The van der Waals surface area contributed by atoms with Crippen molar-refractivity contribution in [2.24, 2.45) is 10.7 Å². The standard InChI is InChI=1S/C23H30N2/c1-7-17-13-18(8-2)21(10-4)22(14-17)25-23(24)19-11-15(5)20(9-3)16(6)12-19/h10-14H,4,7-9H2,1-3,5-6H3,(H2,24,25). The molecule has 2 N–H and O–H groups in total. The van der Waals surface area contributed by atoms with Gasteiger partial charge in [0.25, 0.3) is 0 Å². The molecule has 0 amide bonds. The summed E-state index contributed by atoms with van der Waals surface area (Å²) in [4.78, 5) is 4.78. The van der Waals surface area contributed by atoms with Gasteiger partial charge >= 0.3 is 0 Å². The Morgan fingerprint density at radius 3 is 2.12 bits per heavy atom. The highest BCUT2D eigenvalue weighted by atomic mass is 14.9. The molecular weight excluding hydrogens is 304 g/mol. The molecule has 2 nitrogen and oxygen atoms in total. The van der Waals surface area contributed by atoms with Gasteiger partial charge in [0, 0.05) is 11.1 Å². The van der Waals surface area contributed by atoms with Crippen LogP contribution in [-0.4, -0.2) is 5.84 Å². The van der Waals surface area contributed by atoms with Crippen molar-refractivity contribution < 1.29 is 0 Å². The van der Waals surface area contributed by atoms with Crippen LogP contribution in [-0.2, 0) is 19.3 Å². The molecule has 0 unspecified atom stereocenters. The molecule has 0 fully saturated rings. The van der Waals surface area contributed by atoms with Gasteiger partial charge in [-0.05, 0) is 79.1 Å². The first-order valence-electron chi connectivity index (χ1n) is 9.17. The van der Waals surface area contributed by atoms with Gasteiger partial charge in [-0.1, -0.05) is 39.5 Å². The molecule has 0 saturated heterocycles. The summed E-state index contributed by atoms with van der Waals surface area (Å²) in [6.45, 7) is 14.8. The van der Waals surface area contributed by atoms with Crippen molar-refractivity contribution in [3.8, 4) is 0 Å². The quantitative estimate of drug-likeness (QED) is 0.536. The van der Waals surface area contributed by atoms with Crippen LogP contribution in [0.3, 0.4) is 0 Å². The average Bonchev–Trinajstić information content (AvgIpc) is 2.60. The maximum absolute atomic E-state index is 6.38. The van der Waals surface area contributed by atoms with E-state index in [-0.39, 0.29) is 0 Å². The number of aryl methyl sites for hydroxylation is 4. The molecule has 0 atom stereocenters. The first kappa shape index (κ1) is 19.0. The summed E-state index contributed by atoms with van der Waals surface area (Å²) in [5.41, 5.74) is 15.9. The highest BCUT2D eigenvalue weighted by molar-refractivity contribution is 6.00. The highest BCUT2D eigenvalue weighted by Gasteiger charge is 2.10. The van der Waals surface area contributed by atoms with Crippen molar-refractivity contribution in [2.45, 2.75) is 53.9 Å². The summed E-state index contributed by atoms with van der Waals surface area (Å²) < 4.78 is 0. The van der Waals surface area contributed by atoms with Crippen LogP contribution in [0.4, 0.5) is 5.69 Å². The van der Waals surface area contributed by atoms with E-state index < -0.39 is 0 Å². The minimum absolute atomic E-state index is 0.562. The van der Waals surface area contributed by atoms with Crippen LogP contribution in [0.2, 0.25) is 0 Å². The normalized spacial score (nSPS) is 11.6. The van der Waals surface area contributed by atoms with Crippen LogP contribution < -0.4 is 5.73 Å². The first-order valence-corrected chi connectivity index (χ1v) is 9.17. The third kappa shape index (κ3) is 4.01. The van der Waals surface area contributed by atoms with Crippen LogP contribution in [0.15, 0.2) is 35.8 Å². The molecule has 0 spiro atoms. The first-order chi connectivity index (χ1) is 11.9. The number of benzene rings is 2. The van der Waals surface area contributed by atoms with Crippen LogP contribution in [0.1, 0.15) is 59.7 Å². The van der Waals surface area contributed by atoms with E-state index in [1.54, 1.807) is 0 Å². The van der Waals surface area contributed by atoms with E-state index in [9.17, 15) is 0 Å². The molecule has 0 aromatic heterocycles. The zero-order chi connectivity index (χ0) is 18.6. The lowest BCUT2D eigenvalue weighted by molar-refractivity contribution is 1.08. The van der Waals surface area contributed by atoms with E-state index in [2.05, 4.69) is 65.5 Å². The molecule has 0 aliphatic carbocycles. The molecule has 0 radical (unpaired) electrons. The molecule has 25 heavy (non-hydrogen) atoms. The van der Waals surface area contributed by atoms with Gasteiger partial charge in [-0.15, -0.1) is 0 Å². The summed E-state index contributed by atoms with van der Waals surface area (Å²) in [6.07, 6.45) is 4.87. The second-order valence-electron chi connectivity index (χ2n) is 6.54. The van der Waals surface area contributed by atoms with Crippen molar-refractivity contribution >= 4 is 17.6 Å². The molecule has 0 saturated carbocycles. The van der Waals surface area contributed by atoms with E-state index in [1.807, 2.05) is 6.08 Å². The lowest BCUT2D eigenvalue weighted by atomic mass is 9.96. The van der Waals surface area contributed by atoms with Gasteiger partial charge in [0.2, 0.25) is 0 Å². The Morgan fingerprint density at radius 2 is 1.64 bits per heavy atom. The molecule has 132 valence electrons. The minimum atomic E-state index is 0.562. The molecule has 0 aliphatic heterocycles. The van der Waals surface area contributed by atoms with E-state index in [0.717, 1.165) is 36.1 Å². The molecule has 0 bridgehead atoms.